The largest absolute Gasteiger partial charge is 0.456 e. The lowest BCUT2D eigenvalue weighted by molar-refractivity contribution is -0.136. The van der Waals surface area contributed by atoms with Gasteiger partial charge in [-0.3, -0.25) is 9.69 Å². The zero-order valence-corrected chi connectivity index (χ0v) is 15.3. The first-order chi connectivity index (χ1) is 12.5. The lowest BCUT2D eigenvalue weighted by Crippen LogP contribution is -2.37. The Balaban J connectivity index is 1.84. The van der Waals surface area contributed by atoms with Gasteiger partial charge in [0, 0.05) is 17.4 Å². The van der Waals surface area contributed by atoms with Crippen molar-refractivity contribution in [1.82, 2.24) is 0 Å². The Labute approximate surface area is 157 Å². The minimum absolute atomic E-state index is 0.0616. The average molecular weight is 368 g/mol. The molecule has 0 saturated heterocycles. The fourth-order valence-electron chi connectivity index (χ4n) is 3.65. The molecule has 0 N–H and O–H groups in total. The van der Waals surface area contributed by atoms with Crippen molar-refractivity contribution in [3.63, 3.8) is 0 Å². The minimum Gasteiger partial charge on any atom is -0.456 e. The van der Waals surface area contributed by atoms with Gasteiger partial charge in [-0.25, -0.2) is 4.79 Å². The normalized spacial score (nSPS) is 19.7. The summed E-state index contributed by atoms with van der Waals surface area (Å²) in [6.45, 7) is 4.01. The van der Waals surface area contributed by atoms with Gasteiger partial charge >= 0.3 is 5.97 Å². The van der Waals surface area contributed by atoms with Crippen LogP contribution >= 0.6 is 11.6 Å². The third-order valence-corrected chi connectivity index (χ3v) is 5.38. The molecule has 2 aliphatic heterocycles. The zero-order valence-electron chi connectivity index (χ0n) is 14.6. The molecule has 2 aromatic carbocycles. The van der Waals surface area contributed by atoms with Gasteiger partial charge in [0.05, 0.1) is 17.0 Å². The van der Waals surface area contributed by atoms with Crippen LogP contribution in [0.25, 0.3) is 0 Å². The molecule has 0 bridgehead atoms. The van der Waals surface area contributed by atoms with Crippen LogP contribution in [0.3, 0.4) is 0 Å². The van der Waals surface area contributed by atoms with Gasteiger partial charge in [0.15, 0.2) is 0 Å². The van der Waals surface area contributed by atoms with Crippen molar-refractivity contribution in [3.8, 4) is 0 Å². The predicted octanol–water partition coefficient (Wildman–Crippen LogP) is 4.29. The number of aryl methyl sites for hydroxylation is 2. The number of benzene rings is 2. The van der Waals surface area contributed by atoms with Crippen molar-refractivity contribution in [3.05, 3.63) is 75.4 Å². The van der Waals surface area contributed by atoms with Gasteiger partial charge in [0.1, 0.15) is 6.61 Å². The second-order valence-electron chi connectivity index (χ2n) is 6.77. The fraction of sp³-hybridized carbons (Fsp3) is 0.238. The van der Waals surface area contributed by atoms with Crippen LogP contribution in [0.5, 0.6) is 0 Å². The summed E-state index contributed by atoms with van der Waals surface area (Å²) in [5, 5.41) is 0.587. The van der Waals surface area contributed by atoms with E-state index in [0.29, 0.717) is 22.0 Å². The molecule has 2 heterocycles. The summed E-state index contributed by atoms with van der Waals surface area (Å²) >= 11 is 6.24. The van der Waals surface area contributed by atoms with Gasteiger partial charge in [0.25, 0.3) is 0 Å². The summed E-state index contributed by atoms with van der Waals surface area (Å²) in [6, 6.07) is 13.4. The Kier molecular flexibility index (Phi) is 4.08. The molecule has 2 aliphatic rings. The summed E-state index contributed by atoms with van der Waals surface area (Å²) in [5.41, 5.74) is 4.86. The molecule has 0 saturated carbocycles. The SMILES string of the molecule is Cc1cccc(C2CC(=O)N(c3ccc(C)c(Cl)c3)C3=C2C(=O)OC3)c1. The molecule has 1 amide bonds. The number of rotatable bonds is 2. The topological polar surface area (TPSA) is 46.6 Å². The van der Waals surface area contributed by atoms with Crippen molar-refractivity contribution in [2.24, 2.45) is 0 Å². The maximum absolute atomic E-state index is 13.0. The van der Waals surface area contributed by atoms with Crippen molar-refractivity contribution in [1.29, 1.82) is 0 Å². The van der Waals surface area contributed by atoms with Crippen LogP contribution < -0.4 is 4.90 Å². The first-order valence-electron chi connectivity index (χ1n) is 8.51. The Hall–Kier alpha value is -2.59. The van der Waals surface area contributed by atoms with Crippen molar-refractivity contribution in [2.75, 3.05) is 11.5 Å². The van der Waals surface area contributed by atoms with Gasteiger partial charge < -0.3 is 4.74 Å². The third kappa shape index (κ3) is 2.71. The minimum atomic E-state index is -0.345. The quantitative estimate of drug-likeness (QED) is 0.744. The highest BCUT2D eigenvalue weighted by molar-refractivity contribution is 6.31. The molecule has 0 aliphatic carbocycles. The second-order valence-corrected chi connectivity index (χ2v) is 7.18. The molecule has 4 nitrogen and oxygen atoms in total. The predicted molar refractivity (Wildman–Crippen MR) is 100 cm³/mol. The Morgan fingerprint density at radius 2 is 1.92 bits per heavy atom. The van der Waals surface area contributed by atoms with Crippen molar-refractivity contribution in [2.45, 2.75) is 26.2 Å². The van der Waals surface area contributed by atoms with Crippen LogP contribution in [-0.2, 0) is 14.3 Å². The molecule has 1 unspecified atom stereocenters. The number of hydrogen-bond donors (Lipinski definition) is 0. The lowest BCUT2D eigenvalue weighted by atomic mass is 9.83. The summed E-state index contributed by atoms with van der Waals surface area (Å²) in [5.74, 6) is -0.680. The van der Waals surface area contributed by atoms with Gasteiger partial charge in [-0.2, -0.15) is 0 Å². The third-order valence-electron chi connectivity index (χ3n) is 4.98. The highest BCUT2D eigenvalue weighted by Crippen LogP contribution is 2.42. The van der Waals surface area contributed by atoms with Gasteiger partial charge in [-0.1, -0.05) is 47.5 Å². The number of esters is 1. The first-order valence-corrected chi connectivity index (χ1v) is 8.89. The molecular formula is C21H18ClNO3. The van der Waals surface area contributed by atoms with Gasteiger partial charge in [0.2, 0.25) is 5.91 Å². The Bertz CT molecular complexity index is 963. The number of carbonyl (C=O) groups is 2. The monoisotopic (exact) mass is 367 g/mol. The molecule has 1 atom stereocenters. The number of halogens is 1. The van der Waals surface area contributed by atoms with E-state index in [1.165, 1.54) is 0 Å². The number of amides is 1. The summed E-state index contributed by atoms with van der Waals surface area (Å²) in [6.07, 6.45) is 0.225. The van der Waals surface area contributed by atoms with E-state index in [1.54, 1.807) is 11.0 Å². The molecule has 132 valence electrons. The standard InChI is InChI=1S/C21H18ClNO3/c1-12-4-3-5-14(8-12)16-10-19(24)23(18-11-26-21(25)20(16)18)15-7-6-13(2)17(22)9-15/h3-9,16H,10-11H2,1-2H3. The number of carbonyl (C=O) groups excluding carboxylic acids is 2. The number of hydrogen-bond acceptors (Lipinski definition) is 3. The molecule has 5 heteroatoms. The first kappa shape index (κ1) is 16.9. The number of nitrogens with zero attached hydrogens (tertiary/aromatic N) is 1. The maximum atomic E-state index is 13.0. The molecule has 0 radical (unpaired) electrons. The smallest absolute Gasteiger partial charge is 0.336 e. The number of ether oxygens (including phenoxy) is 1. The van der Waals surface area contributed by atoms with Crippen LogP contribution in [0.4, 0.5) is 5.69 Å². The fourth-order valence-corrected chi connectivity index (χ4v) is 3.82. The molecule has 0 fully saturated rings. The van der Waals surface area contributed by atoms with Crippen LogP contribution in [0.1, 0.15) is 29.0 Å². The molecule has 0 aromatic heterocycles. The molecule has 0 spiro atoms. The molecule has 26 heavy (non-hydrogen) atoms. The van der Waals surface area contributed by atoms with Crippen molar-refractivity contribution >= 4 is 29.2 Å². The maximum Gasteiger partial charge on any atom is 0.336 e. The van der Waals surface area contributed by atoms with E-state index in [1.807, 2.05) is 50.2 Å². The molecular weight excluding hydrogens is 350 g/mol. The van der Waals surface area contributed by atoms with Gasteiger partial charge in [-0.15, -0.1) is 0 Å². The Morgan fingerprint density at radius 3 is 2.65 bits per heavy atom. The highest BCUT2D eigenvalue weighted by atomic mass is 35.5. The van der Waals surface area contributed by atoms with Crippen LogP contribution in [0, 0.1) is 13.8 Å². The summed E-state index contributed by atoms with van der Waals surface area (Å²) in [7, 11) is 0. The van der Waals surface area contributed by atoms with Gasteiger partial charge in [-0.05, 0) is 37.1 Å². The van der Waals surface area contributed by atoms with E-state index < -0.39 is 0 Å². The summed E-state index contributed by atoms with van der Waals surface area (Å²) in [4.78, 5) is 27.0. The van der Waals surface area contributed by atoms with E-state index in [2.05, 4.69) is 0 Å². The summed E-state index contributed by atoms with van der Waals surface area (Å²) < 4.78 is 5.30. The number of anilines is 1. The van der Waals surface area contributed by atoms with E-state index in [9.17, 15) is 9.59 Å². The second kappa shape index (κ2) is 6.29. The molecule has 2 aromatic rings. The lowest BCUT2D eigenvalue weighted by Gasteiger charge is -2.32. The highest BCUT2D eigenvalue weighted by Gasteiger charge is 2.43. The van der Waals surface area contributed by atoms with Crippen LogP contribution in [-0.4, -0.2) is 18.5 Å². The number of cyclic esters (lactones) is 1. The van der Waals surface area contributed by atoms with E-state index in [-0.39, 0.29) is 30.8 Å². The van der Waals surface area contributed by atoms with Crippen LogP contribution in [0.2, 0.25) is 5.02 Å². The van der Waals surface area contributed by atoms with E-state index in [4.69, 9.17) is 16.3 Å². The zero-order chi connectivity index (χ0) is 18.4. The van der Waals surface area contributed by atoms with Crippen LogP contribution in [0.15, 0.2) is 53.7 Å². The molecule has 4 rings (SSSR count). The van der Waals surface area contributed by atoms with E-state index >= 15 is 0 Å². The van der Waals surface area contributed by atoms with Crippen molar-refractivity contribution < 1.29 is 14.3 Å². The van der Waals surface area contributed by atoms with E-state index in [0.717, 1.165) is 16.7 Å². The average Bonchev–Trinajstić information content (AvgIpc) is 2.98. The Morgan fingerprint density at radius 1 is 1.12 bits per heavy atom.